The fourth-order valence-electron chi connectivity index (χ4n) is 5.58. The first-order chi connectivity index (χ1) is 16.4. The molecule has 1 aliphatic heterocycles. The lowest BCUT2D eigenvalue weighted by molar-refractivity contribution is -0.131. The van der Waals surface area contributed by atoms with Gasteiger partial charge in [-0.3, -0.25) is 9.59 Å². The molecule has 2 aliphatic carbocycles. The maximum atomic E-state index is 14.1. The minimum absolute atomic E-state index is 0.0395. The van der Waals surface area contributed by atoms with E-state index >= 15 is 0 Å². The Labute approximate surface area is 212 Å². The second kappa shape index (κ2) is 9.92. The number of nitrogens with two attached hydrogens (primary N) is 1. The van der Waals surface area contributed by atoms with Crippen molar-refractivity contribution in [1.82, 2.24) is 5.32 Å². The molecule has 4 rings (SSSR count). The van der Waals surface area contributed by atoms with Crippen LogP contribution in [-0.4, -0.2) is 45.0 Å². The molecule has 0 aromatic heterocycles. The summed E-state index contributed by atoms with van der Waals surface area (Å²) in [5.41, 5.74) is 6.22. The zero-order chi connectivity index (χ0) is 25.5. The normalized spacial score (nSPS) is 25.9. The molecule has 10 heteroatoms. The van der Waals surface area contributed by atoms with Crippen molar-refractivity contribution in [2.45, 2.75) is 74.5 Å². The van der Waals surface area contributed by atoms with Crippen LogP contribution in [-0.2, 0) is 20.7 Å². The van der Waals surface area contributed by atoms with E-state index in [9.17, 15) is 23.2 Å². The van der Waals surface area contributed by atoms with Crippen LogP contribution in [0.4, 0.5) is 13.6 Å². The maximum Gasteiger partial charge on any atom is 0.407 e. The Morgan fingerprint density at radius 3 is 2.40 bits per heavy atom. The maximum absolute atomic E-state index is 14.1. The number of primary amides is 1. The number of rotatable bonds is 6. The Morgan fingerprint density at radius 2 is 1.77 bits per heavy atom. The Balaban J connectivity index is 1.58. The monoisotopic (exact) mass is 526 g/mol. The fourth-order valence-corrected chi connectivity index (χ4v) is 9.01. The molecule has 1 aromatic carbocycles. The summed E-state index contributed by atoms with van der Waals surface area (Å²) in [5, 5.41) is 2.83. The van der Waals surface area contributed by atoms with Crippen LogP contribution in [0.3, 0.4) is 0 Å². The summed E-state index contributed by atoms with van der Waals surface area (Å²) in [6.45, 7) is 5.21. The van der Waals surface area contributed by atoms with Gasteiger partial charge in [-0.05, 0) is 69.7 Å². The summed E-state index contributed by atoms with van der Waals surface area (Å²) in [5.74, 6) is -2.01. The van der Waals surface area contributed by atoms with Gasteiger partial charge >= 0.3 is 6.09 Å². The van der Waals surface area contributed by atoms with Crippen LogP contribution in [0.15, 0.2) is 12.1 Å². The van der Waals surface area contributed by atoms with Crippen molar-refractivity contribution in [1.29, 1.82) is 0 Å². The van der Waals surface area contributed by atoms with Crippen molar-refractivity contribution in [2.24, 2.45) is 17.6 Å². The van der Waals surface area contributed by atoms with Gasteiger partial charge < -0.3 is 15.8 Å². The van der Waals surface area contributed by atoms with Crippen LogP contribution in [0.1, 0.15) is 63.5 Å². The van der Waals surface area contributed by atoms with Gasteiger partial charge in [-0.15, -0.1) is 23.5 Å². The lowest BCUT2D eigenvalue weighted by Crippen LogP contribution is -2.44. The van der Waals surface area contributed by atoms with Gasteiger partial charge in [0, 0.05) is 41.7 Å². The van der Waals surface area contributed by atoms with Crippen molar-refractivity contribution in [3.63, 3.8) is 0 Å². The van der Waals surface area contributed by atoms with E-state index in [2.05, 4.69) is 5.32 Å². The number of nitrogens with one attached hydrogen (secondary N) is 1. The van der Waals surface area contributed by atoms with E-state index in [1.807, 2.05) is 0 Å². The molecule has 2 fully saturated rings. The van der Waals surface area contributed by atoms with E-state index < -0.39 is 47.1 Å². The van der Waals surface area contributed by atoms with Crippen LogP contribution in [0, 0.1) is 23.5 Å². The van der Waals surface area contributed by atoms with E-state index in [4.69, 9.17) is 10.5 Å². The van der Waals surface area contributed by atoms with E-state index in [0.29, 0.717) is 36.8 Å². The summed E-state index contributed by atoms with van der Waals surface area (Å²) in [6.07, 6.45) is 1.46. The van der Waals surface area contributed by atoms with E-state index in [0.717, 1.165) is 11.5 Å². The van der Waals surface area contributed by atoms with Crippen molar-refractivity contribution in [2.75, 3.05) is 11.5 Å². The Morgan fingerprint density at radius 1 is 1.14 bits per heavy atom. The number of amides is 2. The first-order valence-electron chi connectivity index (χ1n) is 11.9. The molecule has 1 saturated heterocycles. The second-order valence-corrected chi connectivity index (χ2v) is 13.9. The van der Waals surface area contributed by atoms with Gasteiger partial charge in [-0.25, -0.2) is 13.6 Å². The molecule has 1 aromatic rings. The minimum Gasteiger partial charge on any atom is -0.444 e. The molecule has 3 N–H and O–H groups in total. The molecule has 4 atom stereocenters. The minimum atomic E-state index is -0.959. The number of aryl methyl sites for hydroxylation is 1. The van der Waals surface area contributed by atoms with Gasteiger partial charge in [-0.2, -0.15) is 0 Å². The smallest absolute Gasteiger partial charge is 0.407 e. The van der Waals surface area contributed by atoms with Crippen molar-refractivity contribution in [3.05, 3.63) is 34.9 Å². The predicted octanol–water partition coefficient (Wildman–Crippen LogP) is 4.53. The van der Waals surface area contributed by atoms with E-state index in [1.165, 1.54) is 12.1 Å². The summed E-state index contributed by atoms with van der Waals surface area (Å²) < 4.78 is 33.2. The Kier molecular flexibility index (Phi) is 7.44. The van der Waals surface area contributed by atoms with Gasteiger partial charge in [0.1, 0.15) is 11.4 Å². The number of Topliss-reactive ketones (excluding diaryl/α,β-unsaturated/α-hetero) is 1. The average Bonchev–Trinajstić information content (AvgIpc) is 3.46. The molecule has 6 nitrogen and oxygen atoms in total. The first-order valence-corrected chi connectivity index (χ1v) is 13.9. The van der Waals surface area contributed by atoms with Crippen molar-refractivity contribution >= 4 is 41.3 Å². The zero-order valence-electron chi connectivity index (χ0n) is 20.2. The summed E-state index contributed by atoms with van der Waals surface area (Å²) in [4.78, 5) is 38.5. The number of benzene rings is 1. The third-order valence-corrected chi connectivity index (χ3v) is 10.6. The largest absolute Gasteiger partial charge is 0.444 e. The standard InChI is InChI=1S/C25H32F2N2O4S2/c1-24(2,3)33-23(32)29-20(14-5-4-13-8-18(26)19(27)9-15(13)14)10-21(30)16-11-25(34-6-7-35-25)12-17(16)22(28)31/h8-9,14,16-17,20H,4-7,10-12H2,1-3H3,(H2,28,31)(H,29,32). The van der Waals surface area contributed by atoms with Gasteiger partial charge in [-0.1, -0.05) is 0 Å². The molecular formula is C25H32F2N2O4S2. The van der Waals surface area contributed by atoms with Crippen LogP contribution in [0.2, 0.25) is 0 Å². The van der Waals surface area contributed by atoms with Crippen LogP contribution in [0.25, 0.3) is 0 Å². The predicted molar refractivity (Wildman–Crippen MR) is 133 cm³/mol. The number of thioether (sulfide) groups is 2. The lowest BCUT2D eigenvalue weighted by atomic mass is 9.83. The number of alkyl carbamates (subject to hydrolysis) is 1. The average molecular weight is 527 g/mol. The Bertz CT molecular complexity index is 1020. The third-order valence-electron chi connectivity index (χ3n) is 7.06. The molecule has 35 heavy (non-hydrogen) atoms. The molecule has 1 saturated carbocycles. The number of ether oxygens (including phenoxy) is 1. The highest BCUT2D eigenvalue weighted by Gasteiger charge is 2.52. The zero-order valence-corrected chi connectivity index (χ0v) is 21.8. The first kappa shape index (κ1) is 26.3. The van der Waals surface area contributed by atoms with Crippen molar-refractivity contribution < 1.29 is 27.9 Å². The highest BCUT2D eigenvalue weighted by Crippen LogP contribution is 2.58. The molecule has 2 amide bonds. The number of hydrogen-bond donors (Lipinski definition) is 2. The third kappa shape index (κ3) is 5.79. The van der Waals surface area contributed by atoms with Crippen LogP contribution < -0.4 is 11.1 Å². The molecule has 192 valence electrons. The highest BCUT2D eigenvalue weighted by atomic mass is 32.2. The summed E-state index contributed by atoms with van der Waals surface area (Å²) in [6, 6.07) is 1.67. The fraction of sp³-hybridized carbons (Fsp3) is 0.640. The van der Waals surface area contributed by atoms with Gasteiger partial charge in [0.15, 0.2) is 11.6 Å². The molecule has 1 heterocycles. The van der Waals surface area contributed by atoms with Crippen molar-refractivity contribution in [3.8, 4) is 0 Å². The molecule has 0 radical (unpaired) electrons. The molecule has 4 unspecified atom stereocenters. The lowest BCUT2D eigenvalue weighted by Gasteiger charge is -2.29. The summed E-state index contributed by atoms with van der Waals surface area (Å²) >= 11 is 3.57. The van der Waals surface area contributed by atoms with E-state index in [1.54, 1.807) is 44.3 Å². The van der Waals surface area contributed by atoms with Crippen LogP contribution in [0.5, 0.6) is 0 Å². The van der Waals surface area contributed by atoms with Gasteiger partial charge in [0.05, 0.1) is 4.08 Å². The van der Waals surface area contributed by atoms with Gasteiger partial charge in [0.25, 0.3) is 0 Å². The SMILES string of the molecule is CC(C)(C)OC(=O)NC(CC(=O)C1CC2(CC1C(N)=O)SCCS2)C1CCc2cc(F)c(F)cc21. The molecule has 3 aliphatic rings. The number of fused-ring (bicyclic) bond motifs is 1. The highest BCUT2D eigenvalue weighted by molar-refractivity contribution is 8.21. The van der Waals surface area contributed by atoms with E-state index in [-0.39, 0.29) is 22.2 Å². The molecule has 1 spiro atoms. The quantitative estimate of drug-likeness (QED) is 0.565. The van der Waals surface area contributed by atoms with Gasteiger partial charge in [0.2, 0.25) is 5.91 Å². The number of hydrogen-bond acceptors (Lipinski definition) is 6. The van der Waals surface area contributed by atoms with Crippen LogP contribution >= 0.6 is 23.5 Å². The Hall–Kier alpha value is -1.81. The number of ketones is 1. The second-order valence-electron chi connectivity index (χ2n) is 10.7. The number of halogens is 2. The summed E-state index contributed by atoms with van der Waals surface area (Å²) in [7, 11) is 0. The number of carbonyl (C=O) groups excluding carboxylic acids is 3. The topological polar surface area (TPSA) is 98.5 Å². The molecular weight excluding hydrogens is 494 g/mol. The number of carbonyl (C=O) groups is 3. The molecule has 0 bridgehead atoms.